The number of carbonyl (C=O) groups excluding carboxylic acids is 1. The fourth-order valence-corrected chi connectivity index (χ4v) is 4.01. The molecule has 20 heavy (non-hydrogen) atoms. The van der Waals surface area contributed by atoms with Gasteiger partial charge in [-0.05, 0) is 45.1 Å². The van der Waals surface area contributed by atoms with Gasteiger partial charge < -0.3 is 9.64 Å². The van der Waals surface area contributed by atoms with E-state index in [0.717, 1.165) is 51.4 Å². The maximum atomic E-state index is 12.7. The summed E-state index contributed by atoms with van der Waals surface area (Å²) in [6.45, 7) is 5.89. The van der Waals surface area contributed by atoms with Crippen molar-refractivity contribution in [2.24, 2.45) is 11.8 Å². The number of nitrogens with zero attached hydrogens (tertiary/aromatic N) is 2. The average Bonchev–Trinajstić information content (AvgIpc) is 2.47. The third-order valence-electron chi connectivity index (χ3n) is 5.54. The fraction of sp³-hybridized carbons (Fsp3) is 0.938. The Bertz CT molecular complexity index is 352. The van der Waals surface area contributed by atoms with Crippen LogP contribution in [0.15, 0.2) is 0 Å². The van der Waals surface area contributed by atoms with E-state index in [9.17, 15) is 4.79 Å². The molecule has 0 radical (unpaired) electrons. The van der Waals surface area contributed by atoms with Crippen molar-refractivity contribution in [3.63, 3.8) is 0 Å². The van der Waals surface area contributed by atoms with E-state index in [1.165, 1.54) is 12.8 Å². The molecule has 3 aliphatic rings. The van der Waals surface area contributed by atoms with E-state index in [-0.39, 0.29) is 5.92 Å². The minimum absolute atomic E-state index is 0.289. The maximum Gasteiger partial charge on any atom is 0.225 e. The number of hydrogen-bond donors (Lipinski definition) is 0. The summed E-state index contributed by atoms with van der Waals surface area (Å²) in [7, 11) is 2.16. The molecule has 0 spiro atoms. The molecule has 0 aromatic carbocycles. The number of piperidine rings is 1. The van der Waals surface area contributed by atoms with Gasteiger partial charge in [-0.15, -0.1) is 0 Å². The summed E-state index contributed by atoms with van der Waals surface area (Å²) in [4.78, 5) is 17.2. The predicted molar refractivity (Wildman–Crippen MR) is 78.5 cm³/mol. The smallest absolute Gasteiger partial charge is 0.225 e. The number of likely N-dealkylation sites (N-methyl/N-ethyl adjacent to an activating group) is 1. The minimum Gasteiger partial charge on any atom is -0.375 e. The van der Waals surface area contributed by atoms with Crippen LogP contribution in [-0.4, -0.2) is 61.1 Å². The summed E-state index contributed by atoms with van der Waals surface area (Å²) >= 11 is 0. The first kappa shape index (κ1) is 14.3. The zero-order valence-corrected chi connectivity index (χ0v) is 12.9. The Balaban J connectivity index is 1.59. The number of amides is 1. The third-order valence-corrected chi connectivity index (χ3v) is 5.54. The molecule has 2 atom stereocenters. The molecule has 0 N–H and O–H groups in total. The third kappa shape index (κ3) is 2.86. The van der Waals surface area contributed by atoms with E-state index in [2.05, 4.69) is 23.8 Å². The molecule has 1 aliphatic carbocycles. The number of carbonyl (C=O) groups is 1. The molecule has 1 saturated carbocycles. The van der Waals surface area contributed by atoms with E-state index in [0.29, 0.717) is 18.1 Å². The van der Waals surface area contributed by atoms with Gasteiger partial charge in [-0.25, -0.2) is 0 Å². The van der Waals surface area contributed by atoms with E-state index in [4.69, 9.17) is 4.74 Å². The Morgan fingerprint density at radius 3 is 2.60 bits per heavy atom. The lowest BCUT2D eigenvalue weighted by Crippen LogP contribution is -2.60. The van der Waals surface area contributed by atoms with Gasteiger partial charge in [0.15, 0.2) is 0 Å². The van der Waals surface area contributed by atoms with Gasteiger partial charge in [0, 0.05) is 25.6 Å². The van der Waals surface area contributed by atoms with E-state index >= 15 is 0 Å². The van der Waals surface area contributed by atoms with Crippen molar-refractivity contribution in [1.29, 1.82) is 0 Å². The molecule has 2 heterocycles. The molecule has 0 bridgehead atoms. The Kier molecular flexibility index (Phi) is 4.32. The molecule has 0 aromatic heterocycles. The molecule has 4 nitrogen and oxygen atoms in total. The molecule has 1 amide bonds. The van der Waals surface area contributed by atoms with E-state index < -0.39 is 0 Å². The second-order valence-corrected chi connectivity index (χ2v) is 6.99. The lowest BCUT2D eigenvalue weighted by Gasteiger charge is -2.46. The lowest BCUT2D eigenvalue weighted by molar-refractivity contribution is -0.146. The summed E-state index contributed by atoms with van der Waals surface area (Å²) in [5.74, 6) is 1.51. The lowest BCUT2D eigenvalue weighted by atomic mass is 9.82. The summed E-state index contributed by atoms with van der Waals surface area (Å²) in [5.41, 5.74) is 0. The van der Waals surface area contributed by atoms with Gasteiger partial charge in [-0.1, -0.05) is 6.92 Å². The van der Waals surface area contributed by atoms with Gasteiger partial charge >= 0.3 is 0 Å². The maximum absolute atomic E-state index is 12.7. The van der Waals surface area contributed by atoms with Crippen LogP contribution in [-0.2, 0) is 9.53 Å². The monoisotopic (exact) mass is 280 g/mol. The van der Waals surface area contributed by atoms with Crippen LogP contribution in [0.25, 0.3) is 0 Å². The molecule has 0 unspecified atom stereocenters. The SMILES string of the molecule is CC1CCC(C(=O)N2CC[C@@H]3OCCN(C)[C@H]3C2)CC1. The Labute approximate surface area is 122 Å². The van der Waals surface area contributed by atoms with Gasteiger partial charge in [0.05, 0.1) is 18.8 Å². The standard InChI is InChI=1S/C16H28N2O2/c1-12-3-5-13(6-4-12)16(19)18-8-7-15-14(11-18)17(2)9-10-20-15/h12-15H,3-11H2,1-2H3/t12?,13?,14-,15-/m0/s1. The fourth-order valence-electron chi connectivity index (χ4n) is 4.01. The number of likely N-dealkylation sites (tertiary alicyclic amines) is 1. The first-order valence-corrected chi connectivity index (χ1v) is 8.26. The van der Waals surface area contributed by atoms with Crippen molar-refractivity contribution in [3.8, 4) is 0 Å². The zero-order chi connectivity index (χ0) is 14.1. The molecule has 4 heteroatoms. The van der Waals surface area contributed by atoms with Crippen LogP contribution in [0.5, 0.6) is 0 Å². The van der Waals surface area contributed by atoms with Gasteiger partial charge in [0.1, 0.15) is 0 Å². The molecule has 2 saturated heterocycles. The average molecular weight is 280 g/mol. The molecule has 114 valence electrons. The first-order valence-electron chi connectivity index (χ1n) is 8.26. The van der Waals surface area contributed by atoms with Crippen LogP contribution < -0.4 is 0 Å². The molecule has 3 rings (SSSR count). The summed E-state index contributed by atoms with van der Waals surface area (Å²) in [6.07, 6.45) is 5.97. The van der Waals surface area contributed by atoms with Crippen molar-refractivity contribution in [2.75, 3.05) is 33.3 Å². The molecule has 0 aromatic rings. The van der Waals surface area contributed by atoms with E-state index in [1.807, 2.05) is 0 Å². The quantitative estimate of drug-likeness (QED) is 0.733. The van der Waals surface area contributed by atoms with Crippen LogP contribution in [0.2, 0.25) is 0 Å². The highest BCUT2D eigenvalue weighted by atomic mass is 16.5. The van der Waals surface area contributed by atoms with Crippen LogP contribution in [0.1, 0.15) is 39.0 Å². The summed E-state index contributed by atoms with van der Waals surface area (Å²) < 4.78 is 5.86. The Hall–Kier alpha value is -0.610. The number of ether oxygens (including phenoxy) is 1. The predicted octanol–water partition coefficient (Wildman–Crippen LogP) is 1.74. The number of fused-ring (bicyclic) bond motifs is 1. The number of hydrogen-bond acceptors (Lipinski definition) is 3. The molecular formula is C16H28N2O2. The van der Waals surface area contributed by atoms with Gasteiger partial charge in [0.25, 0.3) is 0 Å². The minimum atomic E-state index is 0.289. The van der Waals surface area contributed by atoms with Gasteiger partial charge in [0.2, 0.25) is 5.91 Å². The van der Waals surface area contributed by atoms with Crippen molar-refractivity contribution in [1.82, 2.24) is 9.80 Å². The summed E-state index contributed by atoms with van der Waals surface area (Å²) in [5, 5.41) is 0. The Morgan fingerprint density at radius 2 is 1.85 bits per heavy atom. The summed E-state index contributed by atoms with van der Waals surface area (Å²) in [6, 6.07) is 0.406. The second kappa shape index (κ2) is 6.02. The topological polar surface area (TPSA) is 32.8 Å². The van der Waals surface area contributed by atoms with Crippen LogP contribution in [0.4, 0.5) is 0 Å². The van der Waals surface area contributed by atoms with Crippen LogP contribution >= 0.6 is 0 Å². The van der Waals surface area contributed by atoms with Crippen LogP contribution in [0, 0.1) is 11.8 Å². The first-order chi connectivity index (χ1) is 9.65. The van der Waals surface area contributed by atoms with Crippen molar-refractivity contribution in [2.45, 2.75) is 51.2 Å². The van der Waals surface area contributed by atoms with Crippen molar-refractivity contribution >= 4 is 5.91 Å². The molecule has 3 fully saturated rings. The van der Waals surface area contributed by atoms with Gasteiger partial charge in [-0.2, -0.15) is 0 Å². The number of morpholine rings is 1. The molecular weight excluding hydrogens is 252 g/mol. The zero-order valence-electron chi connectivity index (χ0n) is 12.9. The van der Waals surface area contributed by atoms with Crippen LogP contribution in [0.3, 0.4) is 0 Å². The highest BCUT2D eigenvalue weighted by Gasteiger charge is 2.38. The number of rotatable bonds is 1. The Morgan fingerprint density at radius 1 is 1.10 bits per heavy atom. The van der Waals surface area contributed by atoms with E-state index in [1.54, 1.807) is 0 Å². The van der Waals surface area contributed by atoms with Gasteiger partial charge in [-0.3, -0.25) is 9.69 Å². The largest absolute Gasteiger partial charge is 0.375 e. The van der Waals surface area contributed by atoms with Crippen molar-refractivity contribution < 1.29 is 9.53 Å². The molecule has 2 aliphatic heterocycles. The normalized spacial score (nSPS) is 39.4. The highest BCUT2D eigenvalue weighted by Crippen LogP contribution is 2.31. The highest BCUT2D eigenvalue weighted by molar-refractivity contribution is 5.79. The van der Waals surface area contributed by atoms with Crippen molar-refractivity contribution in [3.05, 3.63) is 0 Å². The second-order valence-electron chi connectivity index (χ2n) is 6.99.